The van der Waals surface area contributed by atoms with Gasteiger partial charge in [0, 0.05) is 24.1 Å². The van der Waals surface area contributed by atoms with E-state index in [9.17, 15) is 5.11 Å². The Balaban J connectivity index is 1.80. The molecule has 1 aliphatic rings. The highest BCUT2D eigenvalue weighted by Crippen LogP contribution is 2.28. The fourth-order valence-electron chi connectivity index (χ4n) is 3.07. The lowest BCUT2D eigenvalue weighted by Gasteiger charge is -2.35. The van der Waals surface area contributed by atoms with Crippen molar-refractivity contribution in [3.63, 3.8) is 0 Å². The average molecular weight is 421 g/mol. The molecule has 0 bridgehead atoms. The first-order chi connectivity index (χ1) is 9.94. The van der Waals surface area contributed by atoms with E-state index in [0.717, 1.165) is 27.8 Å². The minimum atomic E-state index is -0.460. The lowest BCUT2D eigenvalue weighted by molar-refractivity contribution is 0.0427. The molecule has 118 valence electrons. The van der Waals surface area contributed by atoms with Crippen molar-refractivity contribution in [2.24, 2.45) is 11.8 Å². The Bertz CT molecular complexity index is 460. The standard InChI is InChI=1S/C16H23Br2NO2/c1-11-5-12(2)8-19(7-11)9-14(20)10-21-16-4-3-13(17)6-15(16)18/h3-4,6,11-12,14,20H,5,7-10H2,1-2H3/t11-,12-,14+/m1/s1. The van der Waals surface area contributed by atoms with Gasteiger partial charge >= 0.3 is 0 Å². The summed E-state index contributed by atoms with van der Waals surface area (Å²) in [6.07, 6.45) is 0.827. The molecule has 0 radical (unpaired) electrons. The summed E-state index contributed by atoms with van der Waals surface area (Å²) in [4.78, 5) is 2.35. The monoisotopic (exact) mass is 419 g/mol. The fourth-order valence-corrected chi connectivity index (χ4v) is 4.23. The largest absolute Gasteiger partial charge is 0.490 e. The molecule has 1 aromatic rings. The van der Waals surface area contributed by atoms with Crippen LogP contribution in [0, 0.1) is 11.8 Å². The zero-order chi connectivity index (χ0) is 15.4. The van der Waals surface area contributed by atoms with Gasteiger partial charge in [-0.1, -0.05) is 29.8 Å². The number of nitrogens with zero attached hydrogens (tertiary/aromatic N) is 1. The van der Waals surface area contributed by atoms with E-state index in [1.165, 1.54) is 6.42 Å². The summed E-state index contributed by atoms with van der Waals surface area (Å²) in [6, 6.07) is 5.77. The maximum atomic E-state index is 10.2. The molecule has 21 heavy (non-hydrogen) atoms. The number of β-amino-alcohol motifs (C(OH)–C–C–N with tert-alkyl or cyclic N) is 1. The van der Waals surface area contributed by atoms with E-state index in [2.05, 4.69) is 50.6 Å². The van der Waals surface area contributed by atoms with Crippen molar-refractivity contribution in [1.82, 2.24) is 4.90 Å². The topological polar surface area (TPSA) is 32.7 Å². The van der Waals surface area contributed by atoms with Gasteiger partial charge in [-0.05, 0) is 52.4 Å². The third-order valence-electron chi connectivity index (χ3n) is 3.74. The number of piperidine rings is 1. The minimum Gasteiger partial charge on any atom is -0.490 e. The van der Waals surface area contributed by atoms with E-state index in [4.69, 9.17) is 4.74 Å². The number of aliphatic hydroxyl groups is 1. The van der Waals surface area contributed by atoms with Crippen molar-refractivity contribution in [2.45, 2.75) is 26.4 Å². The molecule has 1 fully saturated rings. The summed E-state index contributed by atoms with van der Waals surface area (Å²) in [6.45, 7) is 7.71. The van der Waals surface area contributed by atoms with Crippen LogP contribution in [0.3, 0.4) is 0 Å². The molecule has 1 aromatic carbocycles. The third kappa shape index (κ3) is 5.55. The molecule has 1 saturated heterocycles. The molecule has 5 heteroatoms. The Morgan fingerprint density at radius 3 is 2.57 bits per heavy atom. The quantitative estimate of drug-likeness (QED) is 0.783. The van der Waals surface area contributed by atoms with Gasteiger partial charge in [-0.3, -0.25) is 0 Å². The smallest absolute Gasteiger partial charge is 0.133 e. The van der Waals surface area contributed by atoms with Gasteiger partial charge in [0.15, 0.2) is 0 Å². The van der Waals surface area contributed by atoms with Crippen LogP contribution >= 0.6 is 31.9 Å². The van der Waals surface area contributed by atoms with Crippen LogP contribution in [0.25, 0.3) is 0 Å². The zero-order valence-electron chi connectivity index (χ0n) is 12.6. The van der Waals surface area contributed by atoms with E-state index in [0.29, 0.717) is 25.0 Å². The predicted octanol–water partition coefficient (Wildman–Crippen LogP) is 3.93. The molecular formula is C16H23Br2NO2. The highest BCUT2D eigenvalue weighted by atomic mass is 79.9. The number of hydrogen-bond donors (Lipinski definition) is 1. The summed E-state index contributed by atoms with van der Waals surface area (Å²) >= 11 is 6.88. The second-order valence-corrected chi connectivity index (χ2v) is 7.97. The molecule has 0 spiro atoms. The van der Waals surface area contributed by atoms with Crippen molar-refractivity contribution in [2.75, 3.05) is 26.2 Å². The van der Waals surface area contributed by atoms with Gasteiger partial charge in [-0.25, -0.2) is 0 Å². The van der Waals surface area contributed by atoms with Crippen LogP contribution in [0.4, 0.5) is 0 Å². The van der Waals surface area contributed by atoms with Crippen LogP contribution in [0.5, 0.6) is 5.75 Å². The minimum absolute atomic E-state index is 0.319. The fraction of sp³-hybridized carbons (Fsp3) is 0.625. The third-order valence-corrected chi connectivity index (χ3v) is 4.85. The molecule has 3 atom stereocenters. The van der Waals surface area contributed by atoms with Gasteiger partial charge in [-0.2, -0.15) is 0 Å². The second-order valence-electron chi connectivity index (χ2n) is 6.20. The summed E-state index contributed by atoms with van der Waals surface area (Å²) in [5, 5.41) is 10.2. The first-order valence-electron chi connectivity index (χ1n) is 7.42. The van der Waals surface area contributed by atoms with Crippen LogP contribution in [-0.4, -0.2) is 42.4 Å². The highest BCUT2D eigenvalue weighted by Gasteiger charge is 2.23. The number of benzene rings is 1. The molecule has 3 nitrogen and oxygen atoms in total. The van der Waals surface area contributed by atoms with Crippen LogP contribution in [0.15, 0.2) is 27.1 Å². The van der Waals surface area contributed by atoms with Gasteiger partial charge in [0.25, 0.3) is 0 Å². The Labute approximate surface area is 143 Å². The molecule has 2 rings (SSSR count). The molecule has 1 aliphatic heterocycles. The van der Waals surface area contributed by atoms with Crippen molar-refractivity contribution in [1.29, 1.82) is 0 Å². The number of likely N-dealkylation sites (tertiary alicyclic amines) is 1. The van der Waals surface area contributed by atoms with Crippen LogP contribution in [0.2, 0.25) is 0 Å². The zero-order valence-corrected chi connectivity index (χ0v) is 15.7. The normalized spacial score (nSPS) is 24.8. The van der Waals surface area contributed by atoms with Gasteiger partial charge < -0.3 is 14.7 Å². The van der Waals surface area contributed by atoms with Crippen molar-refractivity contribution in [3.8, 4) is 5.75 Å². The Morgan fingerprint density at radius 1 is 1.29 bits per heavy atom. The van der Waals surface area contributed by atoms with E-state index in [1.807, 2.05) is 18.2 Å². The number of aliphatic hydroxyl groups excluding tert-OH is 1. The highest BCUT2D eigenvalue weighted by molar-refractivity contribution is 9.11. The van der Waals surface area contributed by atoms with E-state index in [1.54, 1.807) is 0 Å². The van der Waals surface area contributed by atoms with Gasteiger partial charge in [-0.15, -0.1) is 0 Å². The van der Waals surface area contributed by atoms with Gasteiger partial charge in [0.2, 0.25) is 0 Å². The van der Waals surface area contributed by atoms with Crippen molar-refractivity contribution >= 4 is 31.9 Å². The van der Waals surface area contributed by atoms with Crippen molar-refractivity contribution in [3.05, 3.63) is 27.1 Å². The molecule has 1 N–H and O–H groups in total. The van der Waals surface area contributed by atoms with E-state index in [-0.39, 0.29) is 0 Å². The number of ether oxygens (including phenoxy) is 1. The number of hydrogen-bond acceptors (Lipinski definition) is 3. The predicted molar refractivity (Wildman–Crippen MR) is 92.7 cm³/mol. The molecule has 0 saturated carbocycles. The SMILES string of the molecule is C[C@@H]1C[C@@H](C)CN(C[C@H](O)COc2ccc(Br)cc2Br)C1. The van der Waals surface area contributed by atoms with Gasteiger partial charge in [0.1, 0.15) is 18.5 Å². The van der Waals surface area contributed by atoms with E-state index >= 15 is 0 Å². The van der Waals surface area contributed by atoms with Gasteiger partial charge in [0.05, 0.1) is 4.47 Å². The second kappa shape index (κ2) is 7.95. The van der Waals surface area contributed by atoms with Crippen LogP contribution in [0.1, 0.15) is 20.3 Å². The molecule has 0 aromatic heterocycles. The Hall–Kier alpha value is -0.100. The first-order valence-corrected chi connectivity index (χ1v) is 9.01. The molecule has 0 amide bonds. The maximum Gasteiger partial charge on any atom is 0.133 e. The number of rotatable bonds is 5. The summed E-state index contributed by atoms with van der Waals surface area (Å²) < 4.78 is 7.60. The molecule has 0 unspecified atom stereocenters. The lowest BCUT2D eigenvalue weighted by atomic mass is 9.92. The Kier molecular flexibility index (Phi) is 6.53. The molecule has 1 heterocycles. The lowest BCUT2D eigenvalue weighted by Crippen LogP contribution is -2.44. The summed E-state index contributed by atoms with van der Waals surface area (Å²) in [5.41, 5.74) is 0. The Morgan fingerprint density at radius 2 is 1.95 bits per heavy atom. The number of halogens is 2. The summed E-state index contributed by atoms with van der Waals surface area (Å²) in [5.74, 6) is 2.18. The summed E-state index contributed by atoms with van der Waals surface area (Å²) in [7, 11) is 0. The van der Waals surface area contributed by atoms with E-state index < -0.39 is 6.10 Å². The van der Waals surface area contributed by atoms with Crippen LogP contribution in [-0.2, 0) is 0 Å². The van der Waals surface area contributed by atoms with Crippen LogP contribution < -0.4 is 4.74 Å². The molecule has 0 aliphatic carbocycles. The first kappa shape index (κ1) is 17.3. The average Bonchev–Trinajstić information content (AvgIpc) is 2.36. The maximum absolute atomic E-state index is 10.2. The van der Waals surface area contributed by atoms with Crippen molar-refractivity contribution < 1.29 is 9.84 Å². The molecular weight excluding hydrogens is 398 g/mol.